The summed E-state index contributed by atoms with van der Waals surface area (Å²) < 4.78 is 11.0. The second-order valence-electron chi connectivity index (χ2n) is 8.42. The number of benzene rings is 3. The molecule has 1 N–H and O–H groups in total. The molecule has 0 saturated heterocycles. The van der Waals surface area contributed by atoms with Crippen LogP contribution in [-0.4, -0.2) is 37.3 Å². The van der Waals surface area contributed by atoms with Crippen molar-refractivity contribution in [3.63, 3.8) is 0 Å². The molecule has 8 heteroatoms. The quantitative estimate of drug-likeness (QED) is 0.322. The minimum absolute atomic E-state index is 0.569. The lowest BCUT2D eigenvalue weighted by molar-refractivity contribution is 0.353. The zero-order chi connectivity index (χ0) is 24.4. The lowest BCUT2D eigenvalue weighted by Gasteiger charge is -2.31. The van der Waals surface area contributed by atoms with Crippen molar-refractivity contribution in [3.8, 4) is 11.5 Å². The van der Waals surface area contributed by atoms with E-state index in [-0.39, 0.29) is 0 Å². The van der Waals surface area contributed by atoms with E-state index in [1.54, 1.807) is 14.2 Å². The molecule has 0 unspecified atom stereocenters. The molecule has 6 nitrogen and oxygen atoms in total. The molecule has 0 amide bonds. The van der Waals surface area contributed by atoms with Crippen LogP contribution >= 0.6 is 23.2 Å². The van der Waals surface area contributed by atoms with Crippen LogP contribution in [0.4, 0.5) is 11.8 Å². The van der Waals surface area contributed by atoms with Gasteiger partial charge in [-0.3, -0.25) is 0 Å². The van der Waals surface area contributed by atoms with Gasteiger partial charge in [0.2, 0.25) is 5.95 Å². The Morgan fingerprint density at radius 3 is 2.43 bits per heavy atom. The van der Waals surface area contributed by atoms with Crippen molar-refractivity contribution in [2.24, 2.45) is 0 Å². The van der Waals surface area contributed by atoms with Crippen LogP contribution in [0.3, 0.4) is 0 Å². The number of aromatic nitrogens is 2. The first-order chi connectivity index (χ1) is 17.1. The number of fused-ring (bicyclic) bond motifs is 2. The van der Waals surface area contributed by atoms with Gasteiger partial charge in [-0.15, -0.1) is 0 Å². The Balaban J connectivity index is 1.46. The average molecular weight is 509 g/mol. The Hall–Kier alpha value is -3.22. The zero-order valence-corrected chi connectivity index (χ0v) is 21.2. The fraction of sp³-hybridized carbons (Fsp3) is 0.259. The predicted octanol–water partition coefficient (Wildman–Crippen LogP) is 6.17. The number of hydrogen-bond acceptors (Lipinski definition) is 6. The number of nitrogens with zero attached hydrogens (tertiary/aromatic N) is 3. The van der Waals surface area contributed by atoms with Gasteiger partial charge in [-0.1, -0.05) is 47.5 Å². The molecule has 0 spiro atoms. The van der Waals surface area contributed by atoms with Crippen LogP contribution in [-0.2, 0) is 19.4 Å². The molecule has 4 aromatic rings. The summed E-state index contributed by atoms with van der Waals surface area (Å²) in [5.74, 6) is 2.86. The summed E-state index contributed by atoms with van der Waals surface area (Å²) >= 11 is 13.0. The molecule has 1 aliphatic rings. The average Bonchev–Trinajstić information content (AvgIpc) is 2.88. The van der Waals surface area contributed by atoms with Crippen molar-refractivity contribution >= 4 is 45.9 Å². The van der Waals surface area contributed by atoms with Crippen molar-refractivity contribution in [3.05, 3.63) is 81.3 Å². The van der Waals surface area contributed by atoms with Crippen molar-refractivity contribution in [2.45, 2.75) is 19.4 Å². The number of methoxy groups -OCH3 is 2. The molecule has 35 heavy (non-hydrogen) atoms. The monoisotopic (exact) mass is 508 g/mol. The molecule has 2 heterocycles. The first-order valence-corrected chi connectivity index (χ1v) is 12.2. The molecular formula is C27H26Cl2N4O2. The van der Waals surface area contributed by atoms with Gasteiger partial charge >= 0.3 is 0 Å². The highest BCUT2D eigenvalue weighted by molar-refractivity contribution is 6.36. The first-order valence-electron chi connectivity index (χ1n) is 11.5. The second kappa shape index (κ2) is 10.2. The normalized spacial score (nSPS) is 13.0. The molecule has 0 saturated carbocycles. The Morgan fingerprint density at radius 1 is 0.914 bits per heavy atom. The summed E-state index contributed by atoms with van der Waals surface area (Å²) in [5.41, 5.74) is 4.32. The van der Waals surface area contributed by atoms with E-state index in [0.29, 0.717) is 24.1 Å². The molecule has 0 radical (unpaired) electrons. The number of rotatable bonds is 7. The van der Waals surface area contributed by atoms with Crippen LogP contribution in [0.15, 0.2) is 54.6 Å². The number of nitrogens with one attached hydrogen (secondary N) is 1. The van der Waals surface area contributed by atoms with E-state index >= 15 is 0 Å². The van der Waals surface area contributed by atoms with Crippen molar-refractivity contribution in [2.75, 3.05) is 37.5 Å². The molecular weight excluding hydrogens is 483 g/mol. The summed E-state index contributed by atoms with van der Waals surface area (Å²) in [4.78, 5) is 11.9. The van der Waals surface area contributed by atoms with Crippen LogP contribution in [0.2, 0.25) is 10.0 Å². The van der Waals surface area contributed by atoms with Gasteiger partial charge in [0.15, 0.2) is 11.5 Å². The summed E-state index contributed by atoms with van der Waals surface area (Å²) in [6, 6.07) is 17.7. The highest BCUT2D eigenvalue weighted by atomic mass is 35.5. The Morgan fingerprint density at radius 2 is 1.66 bits per heavy atom. The highest BCUT2D eigenvalue weighted by Gasteiger charge is 2.23. The number of anilines is 2. The third-order valence-electron chi connectivity index (χ3n) is 6.31. The number of halogens is 2. The minimum Gasteiger partial charge on any atom is -0.493 e. The molecule has 0 fully saturated rings. The van der Waals surface area contributed by atoms with Gasteiger partial charge in [-0.05, 0) is 59.9 Å². The van der Waals surface area contributed by atoms with Crippen LogP contribution in [0.5, 0.6) is 11.5 Å². The molecule has 0 bridgehead atoms. The van der Waals surface area contributed by atoms with Gasteiger partial charge in [0.05, 0.1) is 30.1 Å². The van der Waals surface area contributed by atoms with Crippen LogP contribution in [0.1, 0.15) is 16.7 Å². The second-order valence-corrected chi connectivity index (χ2v) is 9.23. The molecule has 3 aromatic carbocycles. The Labute approximate surface area is 214 Å². The Kier molecular flexibility index (Phi) is 6.84. The summed E-state index contributed by atoms with van der Waals surface area (Å²) in [6.45, 7) is 2.15. The van der Waals surface area contributed by atoms with Crippen molar-refractivity contribution in [1.82, 2.24) is 9.97 Å². The van der Waals surface area contributed by atoms with Gasteiger partial charge in [0.25, 0.3) is 0 Å². The topological polar surface area (TPSA) is 59.5 Å². The smallest absolute Gasteiger partial charge is 0.225 e. The fourth-order valence-corrected chi connectivity index (χ4v) is 4.99. The predicted molar refractivity (Wildman–Crippen MR) is 142 cm³/mol. The molecule has 5 rings (SSSR count). The SMILES string of the molecule is COc1cc2c(cc1OC)CN(c1nc(NCCc3ccccc3Cl)nc3cccc(Cl)c13)CC2. The van der Waals surface area contributed by atoms with E-state index < -0.39 is 0 Å². The van der Waals surface area contributed by atoms with Gasteiger partial charge in [-0.25, -0.2) is 4.98 Å². The fourth-order valence-electron chi connectivity index (χ4n) is 4.50. The number of hydrogen-bond donors (Lipinski definition) is 1. The number of ether oxygens (including phenoxy) is 2. The third-order valence-corrected chi connectivity index (χ3v) is 6.99. The molecule has 1 aromatic heterocycles. The minimum atomic E-state index is 0.569. The maximum absolute atomic E-state index is 6.64. The maximum atomic E-state index is 6.64. The lowest BCUT2D eigenvalue weighted by Crippen LogP contribution is -2.31. The lowest BCUT2D eigenvalue weighted by atomic mass is 9.98. The standard InChI is InChI=1S/C27H26Cl2N4O2/c1-34-23-14-18-11-13-33(16-19(18)15-24(23)35-2)26-25-21(29)8-5-9-22(25)31-27(32-26)30-12-10-17-6-3-4-7-20(17)28/h3-9,14-15H,10-13,16H2,1-2H3,(H,30,31,32). The van der Waals surface area contributed by atoms with Gasteiger partial charge in [0.1, 0.15) is 5.82 Å². The maximum Gasteiger partial charge on any atom is 0.225 e. The van der Waals surface area contributed by atoms with E-state index in [1.165, 1.54) is 11.1 Å². The summed E-state index contributed by atoms with van der Waals surface area (Å²) in [5, 5.41) is 5.63. The largest absolute Gasteiger partial charge is 0.493 e. The van der Waals surface area contributed by atoms with Crippen LogP contribution in [0.25, 0.3) is 10.9 Å². The van der Waals surface area contributed by atoms with E-state index in [0.717, 1.165) is 58.2 Å². The van der Waals surface area contributed by atoms with Gasteiger partial charge in [-0.2, -0.15) is 4.98 Å². The van der Waals surface area contributed by atoms with Crippen molar-refractivity contribution < 1.29 is 9.47 Å². The van der Waals surface area contributed by atoms with Gasteiger partial charge < -0.3 is 19.7 Å². The Bertz CT molecular complexity index is 1380. The van der Waals surface area contributed by atoms with Crippen LogP contribution in [0, 0.1) is 0 Å². The van der Waals surface area contributed by atoms with E-state index in [4.69, 9.17) is 42.6 Å². The van der Waals surface area contributed by atoms with Crippen LogP contribution < -0.4 is 19.7 Å². The molecule has 1 aliphatic heterocycles. The van der Waals surface area contributed by atoms with E-state index in [2.05, 4.69) is 16.3 Å². The zero-order valence-electron chi connectivity index (χ0n) is 19.6. The van der Waals surface area contributed by atoms with E-state index in [1.807, 2.05) is 48.5 Å². The summed E-state index contributed by atoms with van der Waals surface area (Å²) in [6.07, 6.45) is 1.63. The first kappa shape index (κ1) is 23.5. The molecule has 0 aliphatic carbocycles. The van der Waals surface area contributed by atoms with Gasteiger partial charge in [0, 0.05) is 24.7 Å². The summed E-state index contributed by atoms with van der Waals surface area (Å²) in [7, 11) is 3.32. The third kappa shape index (κ3) is 4.81. The van der Waals surface area contributed by atoms with Crippen molar-refractivity contribution in [1.29, 1.82) is 0 Å². The molecule has 180 valence electrons. The highest BCUT2D eigenvalue weighted by Crippen LogP contribution is 2.37. The van der Waals surface area contributed by atoms with E-state index in [9.17, 15) is 0 Å². The molecule has 0 atom stereocenters.